The first-order valence-electron chi connectivity index (χ1n) is 7.69. The van der Waals surface area contributed by atoms with E-state index in [9.17, 15) is 9.18 Å². The first-order valence-corrected chi connectivity index (χ1v) is 7.69. The van der Waals surface area contributed by atoms with Gasteiger partial charge in [-0.15, -0.1) is 0 Å². The highest BCUT2D eigenvalue weighted by Crippen LogP contribution is 2.18. The van der Waals surface area contributed by atoms with E-state index in [-0.39, 0.29) is 18.1 Å². The molecule has 0 aliphatic heterocycles. The molecule has 1 amide bonds. The normalized spacial score (nSPS) is 11.5. The van der Waals surface area contributed by atoms with Crippen molar-refractivity contribution in [2.45, 2.75) is 13.3 Å². The first kappa shape index (κ1) is 15.9. The topological polar surface area (TPSA) is 41.5 Å². The van der Waals surface area contributed by atoms with Crippen molar-refractivity contribution in [3.63, 3.8) is 0 Å². The van der Waals surface area contributed by atoms with E-state index < -0.39 is 0 Å². The third-order valence-electron chi connectivity index (χ3n) is 3.84. The predicted octanol–water partition coefficient (Wildman–Crippen LogP) is 4.06. The summed E-state index contributed by atoms with van der Waals surface area (Å²) >= 11 is 0. The summed E-state index contributed by atoms with van der Waals surface area (Å²) in [5.41, 5.74) is 4.91. The van der Waals surface area contributed by atoms with Crippen LogP contribution in [0.5, 0.6) is 0 Å². The Morgan fingerprint density at radius 2 is 1.71 bits per heavy atom. The second-order valence-corrected chi connectivity index (χ2v) is 5.55. The maximum absolute atomic E-state index is 12.9. The Labute approximate surface area is 139 Å². The van der Waals surface area contributed by atoms with Gasteiger partial charge in [-0.25, -0.2) is 9.82 Å². The van der Waals surface area contributed by atoms with Crippen molar-refractivity contribution in [3.05, 3.63) is 83.7 Å². The van der Waals surface area contributed by atoms with E-state index in [0.29, 0.717) is 5.71 Å². The standard InChI is InChI=1S/C20H17FN2O/c1-14(15-9-11-18(21)12-10-15)22-23-20(24)13-17-7-4-6-16-5-2-3-8-19(16)17/h2-12H,13H2,1H3,(H,23,24)/b22-14+. The van der Waals surface area contributed by atoms with Crippen molar-refractivity contribution in [2.75, 3.05) is 0 Å². The minimum absolute atomic E-state index is 0.187. The number of rotatable bonds is 4. The predicted molar refractivity (Wildman–Crippen MR) is 94.4 cm³/mol. The van der Waals surface area contributed by atoms with E-state index in [2.05, 4.69) is 10.5 Å². The van der Waals surface area contributed by atoms with Gasteiger partial charge in [-0.1, -0.05) is 54.6 Å². The molecule has 0 fully saturated rings. The summed E-state index contributed by atoms with van der Waals surface area (Å²) in [6.45, 7) is 1.77. The summed E-state index contributed by atoms with van der Waals surface area (Å²) in [4.78, 5) is 12.2. The first-order chi connectivity index (χ1) is 11.6. The average Bonchev–Trinajstić information content (AvgIpc) is 2.61. The Hall–Kier alpha value is -3.01. The molecule has 0 radical (unpaired) electrons. The smallest absolute Gasteiger partial charge is 0.244 e. The van der Waals surface area contributed by atoms with E-state index in [0.717, 1.165) is 21.9 Å². The maximum atomic E-state index is 12.9. The lowest BCUT2D eigenvalue weighted by Crippen LogP contribution is -2.21. The van der Waals surface area contributed by atoms with E-state index in [1.807, 2.05) is 42.5 Å². The lowest BCUT2D eigenvalue weighted by Gasteiger charge is -2.06. The van der Waals surface area contributed by atoms with Gasteiger partial charge in [0.1, 0.15) is 5.82 Å². The monoisotopic (exact) mass is 320 g/mol. The van der Waals surface area contributed by atoms with Crippen LogP contribution in [0.4, 0.5) is 4.39 Å². The summed E-state index contributed by atoms with van der Waals surface area (Å²) in [6, 6.07) is 19.9. The number of fused-ring (bicyclic) bond motifs is 1. The summed E-state index contributed by atoms with van der Waals surface area (Å²) in [5.74, 6) is -0.487. The van der Waals surface area contributed by atoms with Gasteiger partial charge in [0.25, 0.3) is 0 Å². The Kier molecular flexibility index (Phi) is 4.66. The number of halogens is 1. The molecule has 0 heterocycles. The zero-order chi connectivity index (χ0) is 16.9. The van der Waals surface area contributed by atoms with Gasteiger partial charge in [0.15, 0.2) is 0 Å². The van der Waals surface area contributed by atoms with Crippen LogP contribution in [0.2, 0.25) is 0 Å². The molecule has 24 heavy (non-hydrogen) atoms. The maximum Gasteiger partial charge on any atom is 0.244 e. The van der Waals surface area contributed by atoms with Crippen molar-refractivity contribution >= 4 is 22.4 Å². The zero-order valence-corrected chi connectivity index (χ0v) is 13.3. The number of carbonyl (C=O) groups excluding carboxylic acids is 1. The third kappa shape index (κ3) is 3.66. The van der Waals surface area contributed by atoms with Gasteiger partial charge in [0, 0.05) is 0 Å². The van der Waals surface area contributed by atoms with Crippen LogP contribution in [0.25, 0.3) is 10.8 Å². The van der Waals surface area contributed by atoms with Crippen molar-refractivity contribution in [1.29, 1.82) is 0 Å². The van der Waals surface area contributed by atoms with Gasteiger partial charge in [0.2, 0.25) is 5.91 Å². The number of benzene rings is 3. The summed E-state index contributed by atoms with van der Waals surface area (Å²) < 4.78 is 12.9. The van der Waals surface area contributed by atoms with Crippen LogP contribution in [0.1, 0.15) is 18.1 Å². The average molecular weight is 320 g/mol. The number of hydrogen-bond acceptors (Lipinski definition) is 2. The van der Waals surface area contributed by atoms with Crippen LogP contribution in [0.3, 0.4) is 0 Å². The molecule has 0 aliphatic rings. The SMILES string of the molecule is C/C(=N\NC(=O)Cc1cccc2ccccc12)c1ccc(F)cc1. The second kappa shape index (κ2) is 7.04. The number of amides is 1. The van der Waals surface area contributed by atoms with Crippen LogP contribution in [-0.4, -0.2) is 11.6 Å². The Balaban J connectivity index is 1.71. The van der Waals surface area contributed by atoms with Gasteiger partial charge in [0.05, 0.1) is 12.1 Å². The quantitative estimate of drug-likeness (QED) is 0.571. The molecule has 0 aromatic heterocycles. The molecule has 0 atom stereocenters. The molecule has 0 aliphatic carbocycles. The van der Waals surface area contributed by atoms with Gasteiger partial charge in [-0.05, 0) is 41.0 Å². The number of nitrogens with one attached hydrogen (secondary N) is 1. The van der Waals surface area contributed by atoms with E-state index in [1.54, 1.807) is 19.1 Å². The lowest BCUT2D eigenvalue weighted by molar-refractivity contribution is -0.120. The van der Waals surface area contributed by atoms with Crippen LogP contribution in [0.15, 0.2) is 71.8 Å². The van der Waals surface area contributed by atoms with E-state index in [1.165, 1.54) is 12.1 Å². The molecule has 3 aromatic carbocycles. The Morgan fingerprint density at radius 1 is 1.00 bits per heavy atom. The molecule has 0 saturated heterocycles. The van der Waals surface area contributed by atoms with Crippen molar-refractivity contribution in [1.82, 2.24) is 5.43 Å². The summed E-state index contributed by atoms with van der Waals surface area (Å²) in [7, 11) is 0. The molecule has 3 aromatic rings. The lowest BCUT2D eigenvalue weighted by atomic mass is 10.0. The molecule has 0 unspecified atom stereocenters. The Morgan fingerprint density at radius 3 is 2.50 bits per heavy atom. The van der Waals surface area contributed by atoms with Crippen LogP contribution >= 0.6 is 0 Å². The van der Waals surface area contributed by atoms with Gasteiger partial charge >= 0.3 is 0 Å². The fourth-order valence-electron chi connectivity index (χ4n) is 2.56. The fourth-order valence-corrected chi connectivity index (χ4v) is 2.56. The minimum atomic E-state index is -0.299. The second-order valence-electron chi connectivity index (χ2n) is 5.55. The molecule has 0 spiro atoms. The molecule has 3 nitrogen and oxygen atoms in total. The molecular formula is C20H17FN2O. The summed E-state index contributed by atoms with van der Waals surface area (Å²) in [5, 5.41) is 6.26. The number of hydrogen-bond donors (Lipinski definition) is 1. The van der Waals surface area contributed by atoms with Gasteiger partial charge in [-0.2, -0.15) is 5.10 Å². The third-order valence-corrected chi connectivity index (χ3v) is 3.84. The molecule has 120 valence electrons. The molecular weight excluding hydrogens is 303 g/mol. The van der Waals surface area contributed by atoms with Crippen LogP contribution in [0, 0.1) is 5.82 Å². The van der Waals surface area contributed by atoms with Crippen LogP contribution < -0.4 is 5.43 Å². The van der Waals surface area contributed by atoms with E-state index in [4.69, 9.17) is 0 Å². The molecule has 1 N–H and O–H groups in total. The van der Waals surface area contributed by atoms with E-state index >= 15 is 0 Å². The van der Waals surface area contributed by atoms with Gasteiger partial charge < -0.3 is 0 Å². The summed E-state index contributed by atoms with van der Waals surface area (Å²) in [6.07, 6.45) is 0.252. The van der Waals surface area contributed by atoms with Crippen molar-refractivity contribution < 1.29 is 9.18 Å². The van der Waals surface area contributed by atoms with Crippen molar-refractivity contribution in [3.8, 4) is 0 Å². The van der Waals surface area contributed by atoms with Crippen LogP contribution in [-0.2, 0) is 11.2 Å². The van der Waals surface area contributed by atoms with Gasteiger partial charge in [-0.3, -0.25) is 4.79 Å². The highest BCUT2D eigenvalue weighted by Gasteiger charge is 2.06. The highest BCUT2D eigenvalue weighted by atomic mass is 19.1. The Bertz CT molecular complexity index is 896. The molecule has 0 bridgehead atoms. The zero-order valence-electron chi connectivity index (χ0n) is 13.3. The number of hydrazone groups is 1. The molecule has 3 rings (SSSR count). The highest BCUT2D eigenvalue weighted by molar-refractivity contribution is 5.99. The fraction of sp³-hybridized carbons (Fsp3) is 0.100. The largest absolute Gasteiger partial charge is 0.273 e. The molecule has 0 saturated carbocycles. The molecule has 4 heteroatoms. The van der Waals surface area contributed by atoms with Crippen molar-refractivity contribution in [2.24, 2.45) is 5.10 Å². The number of nitrogens with zero attached hydrogens (tertiary/aromatic N) is 1. The minimum Gasteiger partial charge on any atom is -0.273 e. The number of carbonyl (C=O) groups is 1.